The molecule has 0 saturated carbocycles. The van der Waals surface area contributed by atoms with Gasteiger partial charge in [-0.05, 0) is 19.8 Å². The molecule has 0 N–H and O–H groups in total. The molecule has 0 amide bonds. The maximum atomic E-state index is 12.7. The van der Waals surface area contributed by atoms with Crippen LogP contribution in [0.2, 0.25) is 0 Å². The Morgan fingerprint density at radius 2 is 2.00 bits per heavy atom. The monoisotopic (exact) mass is 331 g/mol. The van der Waals surface area contributed by atoms with Crippen LogP contribution in [0.4, 0.5) is 0 Å². The van der Waals surface area contributed by atoms with Crippen LogP contribution in [0.15, 0.2) is 20.7 Å². The van der Waals surface area contributed by atoms with E-state index in [1.54, 1.807) is 0 Å². The Bertz CT molecular complexity index is 763. The zero-order valence-corrected chi connectivity index (χ0v) is 13.8. The summed E-state index contributed by atoms with van der Waals surface area (Å²) in [6.07, 6.45) is 2.40. The smallest absolute Gasteiger partial charge is 0.330 e. The molecule has 1 aromatic heterocycles. The van der Waals surface area contributed by atoms with Gasteiger partial charge in [-0.15, -0.1) is 0 Å². The summed E-state index contributed by atoms with van der Waals surface area (Å²) in [5, 5.41) is 0. The largest absolute Gasteiger partial charge is 0.377 e. The number of aryl methyl sites for hydroxylation is 1. The molecular weight excluding hydrogens is 310 g/mol. The number of ether oxygens (including phenoxy) is 1. The van der Waals surface area contributed by atoms with Crippen LogP contribution in [0.5, 0.6) is 0 Å². The highest BCUT2D eigenvalue weighted by atomic mass is 32.2. The van der Waals surface area contributed by atoms with E-state index in [0.717, 1.165) is 21.8 Å². The quantitative estimate of drug-likeness (QED) is 0.726. The lowest BCUT2D eigenvalue weighted by atomic mass is 10.1. The van der Waals surface area contributed by atoms with Gasteiger partial charge in [-0.25, -0.2) is 13.2 Å². The van der Waals surface area contributed by atoms with Crippen LogP contribution in [0.25, 0.3) is 0 Å². The Morgan fingerprint density at radius 3 is 2.64 bits per heavy atom. The molecule has 8 nitrogen and oxygen atoms in total. The van der Waals surface area contributed by atoms with Crippen LogP contribution in [-0.4, -0.2) is 47.7 Å². The Balaban J connectivity index is 2.43. The Kier molecular flexibility index (Phi) is 4.88. The van der Waals surface area contributed by atoms with Crippen molar-refractivity contribution in [2.75, 3.05) is 19.7 Å². The van der Waals surface area contributed by atoms with E-state index in [4.69, 9.17) is 4.74 Å². The van der Waals surface area contributed by atoms with Crippen LogP contribution >= 0.6 is 0 Å². The first-order valence-corrected chi connectivity index (χ1v) is 8.61. The summed E-state index contributed by atoms with van der Waals surface area (Å²) in [6.45, 7) is 2.94. The first kappa shape index (κ1) is 16.9. The maximum absolute atomic E-state index is 12.7. The molecule has 0 aliphatic carbocycles. The summed E-state index contributed by atoms with van der Waals surface area (Å²) >= 11 is 0. The molecule has 1 atom stereocenters. The van der Waals surface area contributed by atoms with E-state index >= 15 is 0 Å². The van der Waals surface area contributed by atoms with Crippen LogP contribution in [0.1, 0.15) is 19.8 Å². The Labute approximate surface area is 129 Å². The minimum absolute atomic E-state index is 0.162. The van der Waals surface area contributed by atoms with E-state index in [1.165, 1.54) is 18.4 Å². The van der Waals surface area contributed by atoms with Gasteiger partial charge >= 0.3 is 5.69 Å². The van der Waals surface area contributed by atoms with Gasteiger partial charge < -0.3 is 9.30 Å². The molecule has 1 saturated heterocycles. The van der Waals surface area contributed by atoms with Crippen molar-refractivity contribution >= 4 is 10.0 Å². The second kappa shape index (κ2) is 6.35. The van der Waals surface area contributed by atoms with Crippen molar-refractivity contribution in [2.45, 2.75) is 30.8 Å². The molecule has 1 unspecified atom stereocenters. The summed E-state index contributed by atoms with van der Waals surface area (Å²) in [5.74, 6) is 0. The van der Waals surface area contributed by atoms with E-state index in [9.17, 15) is 18.0 Å². The second-order valence-electron chi connectivity index (χ2n) is 5.33. The summed E-state index contributed by atoms with van der Waals surface area (Å²) in [7, 11) is -1.26. The fourth-order valence-corrected chi connectivity index (χ4v) is 4.25. The highest BCUT2D eigenvalue weighted by Crippen LogP contribution is 2.19. The van der Waals surface area contributed by atoms with E-state index < -0.39 is 21.3 Å². The third-order valence-electron chi connectivity index (χ3n) is 3.78. The molecular formula is C13H21N3O5S. The molecule has 1 aromatic rings. The molecule has 0 bridgehead atoms. The number of hydrogen-bond donors (Lipinski definition) is 0. The fourth-order valence-electron chi connectivity index (χ4n) is 2.59. The van der Waals surface area contributed by atoms with Crippen LogP contribution in [-0.2, 0) is 28.9 Å². The van der Waals surface area contributed by atoms with E-state index in [1.807, 2.05) is 6.92 Å². The number of hydrogen-bond acceptors (Lipinski definition) is 5. The Hall–Kier alpha value is -1.45. The van der Waals surface area contributed by atoms with Gasteiger partial charge in [-0.3, -0.25) is 9.36 Å². The van der Waals surface area contributed by atoms with Crippen molar-refractivity contribution in [2.24, 2.45) is 14.1 Å². The van der Waals surface area contributed by atoms with Crippen molar-refractivity contribution in [3.63, 3.8) is 0 Å². The van der Waals surface area contributed by atoms with Gasteiger partial charge in [0.15, 0.2) is 4.90 Å². The molecule has 1 fully saturated rings. The molecule has 9 heteroatoms. The van der Waals surface area contributed by atoms with Gasteiger partial charge in [0, 0.05) is 40.0 Å². The Morgan fingerprint density at radius 1 is 1.32 bits per heavy atom. The average Bonchev–Trinajstić information content (AvgIpc) is 2.49. The summed E-state index contributed by atoms with van der Waals surface area (Å²) < 4.78 is 34.1. The predicted molar refractivity (Wildman–Crippen MR) is 80.3 cm³/mol. The molecule has 1 aliphatic heterocycles. The lowest BCUT2D eigenvalue weighted by Crippen LogP contribution is -2.47. The first-order chi connectivity index (χ1) is 10.3. The SMILES string of the molecule is CCOC1CCCN(S(=O)(=O)c2cn(C)c(=O)n(C)c2=O)C1. The molecule has 0 aromatic carbocycles. The van der Waals surface area contributed by atoms with Gasteiger partial charge in [0.25, 0.3) is 5.56 Å². The summed E-state index contributed by atoms with van der Waals surface area (Å²) in [5.41, 5.74) is -1.36. The van der Waals surface area contributed by atoms with Crippen LogP contribution in [0.3, 0.4) is 0 Å². The minimum Gasteiger partial charge on any atom is -0.377 e. The van der Waals surface area contributed by atoms with Gasteiger partial charge in [0.2, 0.25) is 10.0 Å². The number of sulfonamides is 1. The summed E-state index contributed by atoms with van der Waals surface area (Å²) in [6, 6.07) is 0. The van der Waals surface area contributed by atoms with Gasteiger partial charge in [0.1, 0.15) is 0 Å². The van der Waals surface area contributed by atoms with E-state index in [-0.39, 0.29) is 17.5 Å². The minimum atomic E-state index is -3.95. The molecule has 124 valence electrons. The van der Waals surface area contributed by atoms with Crippen molar-refractivity contribution in [3.8, 4) is 0 Å². The van der Waals surface area contributed by atoms with Crippen molar-refractivity contribution in [3.05, 3.63) is 27.0 Å². The van der Waals surface area contributed by atoms with Crippen LogP contribution < -0.4 is 11.2 Å². The lowest BCUT2D eigenvalue weighted by Gasteiger charge is -2.31. The lowest BCUT2D eigenvalue weighted by molar-refractivity contribution is 0.0264. The zero-order chi connectivity index (χ0) is 16.5. The van der Waals surface area contributed by atoms with Gasteiger partial charge in [-0.2, -0.15) is 4.31 Å². The average molecular weight is 331 g/mol. The number of rotatable bonds is 4. The third kappa shape index (κ3) is 3.01. The third-order valence-corrected chi connectivity index (χ3v) is 5.62. The van der Waals surface area contributed by atoms with E-state index in [2.05, 4.69) is 0 Å². The molecule has 1 aliphatic rings. The van der Waals surface area contributed by atoms with E-state index in [0.29, 0.717) is 19.6 Å². The number of nitrogens with zero attached hydrogens (tertiary/aromatic N) is 3. The van der Waals surface area contributed by atoms with Gasteiger partial charge in [-0.1, -0.05) is 0 Å². The summed E-state index contributed by atoms with van der Waals surface area (Å²) in [4.78, 5) is 23.5. The normalized spacial score (nSPS) is 20.2. The molecule has 0 spiro atoms. The second-order valence-corrected chi connectivity index (χ2v) is 7.24. The highest BCUT2D eigenvalue weighted by Gasteiger charge is 2.33. The maximum Gasteiger partial charge on any atom is 0.330 e. The molecule has 2 rings (SSSR count). The van der Waals surface area contributed by atoms with Crippen molar-refractivity contribution in [1.82, 2.24) is 13.4 Å². The number of piperidine rings is 1. The fraction of sp³-hybridized carbons (Fsp3) is 0.692. The first-order valence-electron chi connectivity index (χ1n) is 7.17. The number of aromatic nitrogens is 2. The topological polar surface area (TPSA) is 90.6 Å². The molecule has 2 heterocycles. The molecule has 22 heavy (non-hydrogen) atoms. The zero-order valence-electron chi connectivity index (χ0n) is 13.0. The molecule has 0 radical (unpaired) electrons. The predicted octanol–water partition coefficient (Wildman–Crippen LogP) is -0.726. The van der Waals surface area contributed by atoms with Crippen molar-refractivity contribution in [1.29, 1.82) is 0 Å². The van der Waals surface area contributed by atoms with Crippen LogP contribution in [0, 0.1) is 0 Å². The highest BCUT2D eigenvalue weighted by molar-refractivity contribution is 7.89. The van der Waals surface area contributed by atoms with Crippen molar-refractivity contribution < 1.29 is 13.2 Å². The van der Waals surface area contributed by atoms with Gasteiger partial charge in [0.05, 0.1) is 6.10 Å². The standard InChI is InChI=1S/C13H21N3O5S/c1-4-21-10-6-5-7-16(8-10)22(19,20)11-9-14(2)13(18)15(3)12(11)17/h9-10H,4-8H2,1-3H3.